The predicted octanol–water partition coefficient (Wildman–Crippen LogP) is 3.40. The number of ether oxygens (including phenoxy) is 1. The molecule has 1 saturated heterocycles. The number of nitrogens with one attached hydrogen (secondary N) is 1. The quantitative estimate of drug-likeness (QED) is 0.852. The molecule has 1 heterocycles. The lowest BCUT2D eigenvalue weighted by Gasteiger charge is -2.35. The van der Waals surface area contributed by atoms with Gasteiger partial charge in [-0.1, -0.05) is 25.4 Å². The van der Waals surface area contributed by atoms with Crippen LogP contribution < -0.4 is 5.32 Å². The SMILES string of the molecule is CC1(C)[C@]2(C)CC[C@]1(C(=O)Nc1ccc(Cl)cc1)OC2=O. The van der Waals surface area contributed by atoms with Gasteiger partial charge in [0.25, 0.3) is 5.91 Å². The number of hydrogen-bond acceptors (Lipinski definition) is 3. The molecule has 1 saturated carbocycles. The van der Waals surface area contributed by atoms with Gasteiger partial charge in [-0.05, 0) is 44.0 Å². The zero-order valence-corrected chi connectivity index (χ0v) is 13.1. The summed E-state index contributed by atoms with van der Waals surface area (Å²) in [6, 6.07) is 6.88. The normalized spacial score (nSPS) is 32.9. The summed E-state index contributed by atoms with van der Waals surface area (Å²) in [5, 5.41) is 3.45. The minimum absolute atomic E-state index is 0.260. The van der Waals surface area contributed by atoms with Crippen molar-refractivity contribution in [3.8, 4) is 0 Å². The van der Waals surface area contributed by atoms with Crippen molar-refractivity contribution < 1.29 is 14.3 Å². The van der Waals surface area contributed by atoms with Crippen LogP contribution in [0.15, 0.2) is 24.3 Å². The lowest BCUT2D eigenvalue weighted by atomic mass is 9.66. The molecular weight excluding hydrogens is 290 g/mol. The lowest BCUT2D eigenvalue weighted by Crippen LogP contribution is -2.50. The molecule has 2 atom stereocenters. The van der Waals surface area contributed by atoms with Crippen molar-refractivity contribution in [2.45, 2.75) is 39.2 Å². The molecule has 1 aromatic rings. The number of benzene rings is 1. The number of carbonyl (C=O) groups is 2. The first-order valence-electron chi connectivity index (χ1n) is 7.03. The van der Waals surface area contributed by atoms with Crippen LogP contribution in [0.25, 0.3) is 0 Å². The fourth-order valence-electron chi connectivity index (χ4n) is 3.51. The van der Waals surface area contributed by atoms with E-state index in [4.69, 9.17) is 16.3 Å². The van der Waals surface area contributed by atoms with Gasteiger partial charge < -0.3 is 10.1 Å². The molecule has 0 radical (unpaired) electrons. The van der Waals surface area contributed by atoms with Crippen LogP contribution in [0.4, 0.5) is 5.69 Å². The predicted molar refractivity (Wildman–Crippen MR) is 80.0 cm³/mol. The Kier molecular flexibility index (Phi) is 2.90. The molecule has 1 aliphatic carbocycles. The summed E-state index contributed by atoms with van der Waals surface area (Å²) in [5.74, 6) is -0.533. The molecule has 0 unspecified atom stereocenters. The molecule has 1 aromatic carbocycles. The third-order valence-electron chi connectivity index (χ3n) is 5.55. The Bertz CT molecular complexity index is 625. The van der Waals surface area contributed by atoms with Gasteiger partial charge in [-0.25, -0.2) is 0 Å². The topological polar surface area (TPSA) is 55.4 Å². The van der Waals surface area contributed by atoms with E-state index in [0.29, 0.717) is 23.6 Å². The minimum Gasteiger partial charge on any atom is -0.448 e. The zero-order valence-electron chi connectivity index (χ0n) is 12.3. The maximum atomic E-state index is 12.8. The summed E-state index contributed by atoms with van der Waals surface area (Å²) in [7, 11) is 0. The molecule has 1 N–H and O–H groups in total. The van der Waals surface area contributed by atoms with E-state index in [-0.39, 0.29) is 11.9 Å². The lowest BCUT2D eigenvalue weighted by molar-refractivity contribution is -0.165. The van der Waals surface area contributed by atoms with Gasteiger partial charge in [-0.15, -0.1) is 0 Å². The number of carbonyl (C=O) groups excluding carboxylic acids is 2. The van der Waals surface area contributed by atoms with E-state index in [1.165, 1.54) is 0 Å². The Morgan fingerprint density at radius 2 is 1.81 bits per heavy atom. The van der Waals surface area contributed by atoms with Gasteiger partial charge in [0.05, 0.1) is 5.41 Å². The average molecular weight is 308 g/mol. The number of amides is 1. The maximum Gasteiger partial charge on any atom is 0.313 e. The first-order chi connectivity index (χ1) is 9.73. The van der Waals surface area contributed by atoms with E-state index in [9.17, 15) is 9.59 Å². The zero-order chi connectivity index (χ0) is 15.5. The van der Waals surface area contributed by atoms with Gasteiger partial charge in [0.2, 0.25) is 0 Å². The summed E-state index contributed by atoms with van der Waals surface area (Å²) < 4.78 is 5.55. The Balaban J connectivity index is 1.91. The van der Waals surface area contributed by atoms with Crippen LogP contribution in [0, 0.1) is 10.8 Å². The van der Waals surface area contributed by atoms with Gasteiger partial charge in [0, 0.05) is 16.1 Å². The van der Waals surface area contributed by atoms with Gasteiger partial charge in [0.15, 0.2) is 5.60 Å². The summed E-state index contributed by atoms with van der Waals surface area (Å²) in [5.41, 5.74) is -1.57. The fourth-order valence-corrected chi connectivity index (χ4v) is 3.64. The average Bonchev–Trinajstić information content (AvgIpc) is 2.72. The molecule has 5 heteroatoms. The molecule has 21 heavy (non-hydrogen) atoms. The third kappa shape index (κ3) is 1.68. The van der Waals surface area contributed by atoms with Crippen molar-refractivity contribution in [1.82, 2.24) is 0 Å². The van der Waals surface area contributed by atoms with Gasteiger partial charge >= 0.3 is 5.97 Å². The van der Waals surface area contributed by atoms with E-state index >= 15 is 0 Å². The second-order valence-electron chi connectivity index (χ2n) is 6.63. The molecule has 0 aromatic heterocycles. The first kappa shape index (κ1) is 14.4. The highest BCUT2D eigenvalue weighted by Gasteiger charge is 2.75. The van der Waals surface area contributed by atoms with Crippen molar-refractivity contribution in [3.05, 3.63) is 29.3 Å². The van der Waals surface area contributed by atoms with Crippen LogP contribution >= 0.6 is 11.6 Å². The third-order valence-corrected chi connectivity index (χ3v) is 5.80. The highest BCUT2D eigenvalue weighted by molar-refractivity contribution is 6.30. The van der Waals surface area contributed by atoms with Crippen LogP contribution in [-0.4, -0.2) is 17.5 Å². The van der Waals surface area contributed by atoms with Crippen molar-refractivity contribution in [2.24, 2.45) is 10.8 Å². The molecule has 3 rings (SSSR count). The van der Waals surface area contributed by atoms with Crippen molar-refractivity contribution in [1.29, 1.82) is 0 Å². The summed E-state index contributed by atoms with van der Waals surface area (Å²) >= 11 is 5.84. The van der Waals surface area contributed by atoms with Crippen molar-refractivity contribution in [2.75, 3.05) is 5.32 Å². The van der Waals surface area contributed by atoms with E-state index in [1.54, 1.807) is 24.3 Å². The molecule has 0 spiro atoms. The Labute approximate surface area is 128 Å². The van der Waals surface area contributed by atoms with Crippen molar-refractivity contribution >= 4 is 29.2 Å². The number of rotatable bonds is 2. The second-order valence-corrected chi connectivity index (χ2v) is 7.07. The molecule has 4 nitrogen and oxygen atoms in total. The summed E-state index contributed by atoms with van der Waals surface area (Å²) in [6.45, 7) is 5.76. The van der Waals surface area contributed by atoms with E-state index < -0.39 is 16.4 Å². The highest BCUT2D eigenvalue weighted by atomic mass is 35.5. The Hall–Kier alpha value is -1.55. The van der Waals surface area contributed by atoms with Gasteiger partial charge in [-0.3, -0.25) is 9.59 Å². The molecule has 112 valence electrons. The molecular formula is C16H18ClNO3. The number of fused-ring (bicyclic) bond motifs is 2. The van der Waals surface area contributed by atoms with Crippen LogP contribution in [0.1, 0.15) is 33.6 Å². The second kappa shape index (κ2) is 4.23. The molecule has 1 amide bonds. The van der Waals surface area contributed by atoms with E-state index in [1.807, 2.05) is 20.8 Å². The van der Waals surface area contributed by atoms with Crippen LogP contribution in [0.2, 0.25) is 5.02 Å². The highest BCUT2D eigenvalue weighted by Crippen LogP contribution is 2.65. The standard InChI is InChI=1S/C16H18ClNO3/c1-14(2)15(3)8-9-16(14,21-13(15)20)12(19)18-11-6-4-10(17)5-7-11/h4-7H,8-9H2,1-3H3,(H,18,19)/t15-,16-/m1/s1. The maximum absolute atomic E-state index is 12.8. The van der Waals surface area contributed by atoms with E-state index in [0.717, 1.165) is 0 Å². The Morgan fingerprint density at radius 3 is 2.29 bits per heavy atom. The molecule has 2 aliphatic rings. The number of halogens is 1. The number of hydrogen-bond donors (Lipinski definition) is 1. The molecule has 2 fully saturated rings. The number of anilines is 1. The summed E-state index contributed by atoms with van der Waals surface area (Å²) in [4.78, 5) is 24.9. The first-order valence-corrected chi connectivity index (χ1v) is 7.41. The van der Waals surface area contributed by atoms with Crippen LogP contribution in [0.3, 0.4) is 0 Å². The van der Waals surface area contributed by atoms with Crippen LogP contribution in [0.5, 0.6) is 0 Å². The Morgan fingerprint density at radius 1 is 1.19 bits per heavy atom. The fraction of sp³-hybridized carbons (Fsp3) is 0.500. The molecule has 2 bridgehead atoms. The van der Waals surface area contributed by atoms with Crippen LogP contribution in [-0.2, 0) is 14.3 Å². The smallest absolute Gasteiger partial charge is 0.313 e. The van der Waals surface area contributed by atoms with Gasteiger partial charge in [0.1, 0.15) is 0 Å². The number of esters is 1. The minimum atomic E-state index is -1.08. The largest absolute Gasteiger partial charge is 0.448 e. The molecule has 1 aliphatic heterocycles. The summed E-state index contributed by atoms with van der Waals surface area (Å²) in [6.07, 6.45) is 1.23. The van der Waals surface area contributed by atoms with Crippen molar-refractivity contribution in [3.63, 3.8) is 0 Å². The van der Waals surface area contributed by atoms with E-state index in [2.05, 4.69) is 5.32 Å². The van der Waals surface area contributed by atoms with Gasteiger partial charge in [-0.2, -0.15) is 0 Å². The monoisotopic (exact) mass is 307 g/mol.